The SMILES string of the molecule is CC(C)[C@@H](NC(=O)OCc1ccccc1)C(=O)N[C@H](C[C@@H](C)C#N)C(=O)O. The minimum absolute atomic E-state index is 0.0269. The summed E-state index contributed by atoms with van der Waals surface area (Å²) in [7, 11) is 0. The molecule has 0 saturated carbocycles. The molecule has 0 spiro atoms. The Kier molecular flexibility index (Phi) is 8.79. The molecule has 1 aromatic carbocycles. The first-order valence-corrected chi connectivity index (χ1v) is 8.64. The van der Waals surface area contributed by atoms with Gasteiger partial charge in [0.1, 0.15) is 18.7 Å². The van der Waals surface area contributed by atoms with Crippen molar-refractivity contribution in [1.29, 1.82) is 5.26 Å². The highest BCUT2D eigenvalue weighted by Gasteiger charge is 2.29. The van der Waals surface area contributed by atoms with Gasteiger partial charge >= 0.3 is 12.1 Å². The fourth-order valence-electron chi connectivity index (χ4n) is 2.32. The van der Waals surface area contributed by atoms with Crippen LogP contribution in [-0.2, 0) is 20.9 Å². The molecule has 0 aliphatic rings. The number of ether oxygens (including phenoxy) is 1. The van der Waals surface area contributed by atoms with Crippen LogP contribution in [0.4, 0.5) is 4.79 Å². The van der Waals surface area contributed by atoms with E-state index >= 15 is 0 Å². The number of aliphatic carboxylic acids is 1. The van der Waals surface area contributed by atoms with Crippen LogP contribution in [0.5, 0.6) is 0 Å². The lowest BCUT2D eigenvalue weighted by atomic mass is 10.0. The number of nitriles is 1. The van der Waals surface area contributed by atoms with Gasteiger partial charge in [0, 0.05) is 5.92 Å². The third-order valence-corrected chi connectivity index (χ3v) is 3.86. The van der Waals surface area contributed by atoms with Gasteiger partial charge in [0.05, 0.1) is 6.07 Å². The molecule has 3 N–H and O–H groups in total. The molecule has 0 radical (unpaired) electrons. The number of carbonyl (C=O) groups excluding carboxylic acids is 2. The Hall–Kier alpha value is -3.08. The minimum Gasteiger partial charge on any atom is -0.480 e. The molecule has 0 aliphatic heterocycles. The average Bonchev–Trinajstić information content (AvgIpc) is 2.64. The molecule has 146 valence electrons. The Balaban J connectivity index is 2.67. The van der Waals surface area contributed by atoms with Crippen LogP contribution in [-0.4, -0.2) is 35.2 Å². The van der Waals surface area contributed by atoms with E-state index in [0.29, 0.717) is 0 Å². The van der Waals surface area contributed by atoms with Gasteiger partial charge in [-0.25, -0.2) is 9.59 Å². The fourth-order valence-corrected chi connectivity index (χ4v) is 2.32. The molecule has 1 aromatic rings. The number of amides is 2. The first kappa shape index (κ1) is 22.0. The molecule has 0 aliphatic carbocycles. The number of carboxylic acid groups (broad SMARTS) is 1. The number of carboxylic acids is 1. The average molecular weight is 375 g/mol. The number of nitrogens with one attached hydrogen (secondary N) is 2. The van der Waals surface area contributed by atoms with Crippen molar-refractivity contribution in [2.75, 3.05) is 0 Å². The molecule has 3 atom stereocenters. The normalized spacial score (nSPS) is 13.7. The molecular formula is C19H25N3O5. The number of nitrogens with zero attached hydrogens (tertiary/aromatic N) is 1. The largest absolute Gasteiger partial charge is 0.480 e. The maximum atomic E-state index is 12.5. The summed E-state index contributed by atoms with van der Waals surface area (Å²) in [6, 6.07) is 8.83. The third kappa shape index (κ3) is 7.77. The van der Waals surface area contributed by atoms with Crippen molar-refractivity contribution < 1.29 is 24.2 Å². The van der Waals surface area contributed by atoms with Crippen molar-refractivity contribution in [3.05, 3.63) is 35.9 Å². The fraction of sp³-hybridized carbons (Fsp3) is 0.474. The van der Waals surface area contributed by atoms with E-state index in [0.717, 1.165) is 5.56 Å². The summed E-state index contributed by atoms with van der Waals surface area (Å²) in [4.78, 5) is 35.8. The van der Waals surface area contributed by atoms with Crippen molar-refractivity contribution in [2.24, 2.45) is 11.8 Å². The van der Waals surface area contributed by atoms with Gasteiger partial charge in [0.15, 0.2) is 0 Å². The molecule has 1 rings (SSSR count). The molecular weight excluding hydrogens is 350 g/mol. The van der Waals surface area contributed by atoms with Gasteiger partial charge in [-0.3, -0.25) is 4.79 Å². The molecule has 2 amide bonds. The highest BCUT2D eigenvalue weighted by atomic mass is 16.5. The van der Waals surface area contributed by atoms with Gasteiger partial charge in [0.25, 0.3) is 0 Å². The van der Waals surface area contributed by atoms with Crippen molar-refractivity contribution in [3.8, 4) is 6.07 Å². The second kappa shape index (κ2) is 10.8. The van der Waals surface area contributed by atoms with Crippen molar-refractivity contribution in [2.45, 2.75) is 45.9 Å². The zero-order valence-electron chi connectivity index (χ0n) is 15.6. The molecule has 0 unspecified atom stereocenters. The van der Waals surface area contributed by atoms with Crippen molar-refractivity contribution in [3.63, 3.8) is 0 Å². The van der Waals surface area contributed by atoms with E-state index in [2.05, 4.69) is 10.6 Å². The Morgan fingerprint density at radius 3 is 2.30 bits per heavy atom. The van der Waals surface area contributed by atoms with Crippen LogP contribution in [0.15, 0.2) is 30.3 Å². The topological polar surface area (TPSA) is 129 Å². The predicted molar refractivity (Wildman–Crippen MR) is 97.3 cm³/mol. The highest BCUT2D eigenvalue weighted by Crippen LogP contribution is 2.08. The molecule has 0 saturated heterocycles. The highest BCUT2D eigenvalue weighted by molar-refractivity contribution is 5.89. The van der Waals surface area contributed by atoms with Crippen molar-refractivity contribution in [1.82, 2.24) is 10.6 Å². The summed E-state index contributed by atoms with van der Waals surface area (Å²) < 4.78 is 5.10. The van der Waals surface area contributed by atoms with Crippen LogP contribution < -0.4 is 10.6 Å². The number of alkyl carbamates (subject to hydrolysis) is 1. The molecule has 0 aromatic heterocycles. The zero-order chi connectivity index (χ0) is 20.4. The van der Waals surface area contributed by atoms with Gasteiger partial charge in [-0.15, -0.1) is 0 Å². The number of rotatable bonds is 9. The quantitative estimate of drug-likeness (QED) is 0.606. The number of hydrogen-bond acceptors (Lipinski definition) is 5. The Bertz CT molecular complexity index is 684. The van der Waals surface area contributed by atoms with Gasteiger partial charge < -0.3 is 20.5 Å². The smallest absolute Gasteiger partial charge is 0.408 e. The van der Waals surface area contributed by atoms with E-state index in [-0.39, 0.29) is 18.9 Å². The van der Waals surface area contributed by atoms with E-state index in [1.165, 1.54) is 0 Å². The van der Waals surface area contributed by atoms with Gasteiger partial charge in [0.2, 0.25) is 5.91 Å². The van der Waals surface area contributed by atoms with Gasteiger partial charge in [-0.2, -0.15) is 5.26 Å². The summed E-state index contributed by atoms with van der Waals surface area (Å²) >= 11 is 0. The lowest BCUT2D eigenvalue weighted by molar-refractivity contribution is -0.142. The Labute approximate surface area is 158 Å². The molecule has 27 heavy (non-hydrogen) atoms. The molecule has 0 bridgehead atoms. The summed E-state index contributed by atoms with van der Waals surface area (Å²) in [6.45, 7) is 5.06. The van der Waals surface area contributed by atoms with E-state index in [1.54, 1.807) is 32.9 Å². The van der Waals surface area contributed by atoms with Crippen LogP contribution in [0.3, 0.4) is 0 Å². The summed E-state index contributed by atoms with van der Waals surface area (Å²) in [5.41, 5.74) is 0.801. The Morgan fingerprint density at radius 1 is 1.15 bits per heavy atom. The van der Waals surface area contributed by atoms with Gasteiger partial charge in [-0.1, -0.05) is 44.2 Å². The monoisotopic (exact) mass is 375 g/mol. The first-order chi connectivity index (χ1) is 12.7. The van der Waals surface area contributed by atoms with Crippen LogP contribution in [0, 0.1) is 23.2 Å². The standard InChI is InChI=1S/C19H25N3O5/c1-12(2)16(17(23)21-15(18(24)25)9-13(3)10-20)22-19(26)27-11-14-7-5-4-6-8-14/h4-8,12-13,15-16H,9,11H2,1-3H3,(H,21,23)(H,22,26)(H,24,25)/t13-,15-,16-/m1/s1. The van der Waals surface area contributed by atoms with E-state index in [1.807, 2.05) is 24.3 Å². The lowest BCUT2D eigenvalue weighted by Crippen LogP contribution is -2.54. The lowest BCUT2D eigenvalue weighted by Gasteiger charge is -2.24. The number of benzene rings is 1. The number of hydrogen-bond donors (Lipinski definition) is 3. The second-order valence-corrected chi connectivity index (χ2v) is 6.59. The molecule has 8 heteroatoms. The maximum absolute atomic E-state index is 12.5. The second-order valence-electron chi connectivity index (χ2n) is 6.59. The molecule has 8 nitrogen and oxygen atoms in total. The first-order valence-electron chi connectivity index (χ1n) is 8.64. The van der Waals surface area contributed by atoms with Crippen LogP contribution in [0.1, 0.15) is 32.8 Å². The Morgan fingerprint density at radius 2 is 1.78 bits per heavy atom. The number of carbonyl (C=O) groups is 3. The maximum Gasteiger partial charge on any atom is 0.408 e. The van der Waals surface area contributed by atoms with Gasteiger partial charge in [-0.05, 0) is 24.8 Å². The van der Waals surface area contributed by atoms with E-state index < -0.39 is 36.0 Å². The predicted octanol–water partition coefficient (Wildman–Crippen LogP) is 2.06. The summed E-state index contributed by atoms with van der Waals surface area (Å²) in [5, 5.41) is 22.9. The zero-order valence-corrected chi connectivity index (χ0v) is 15.6. The van der Waals surface area contributed by atoms with Crippen molar-refractivity contribution >= 4 is 18.0 Å². The van der Waals surface area contributed by atoms with Crippen LogP contribution >= 0.6 is 0 Å². The van der Waals surface area contributed by atoms with Crippen LogP contribution in [0.25, 0.3) is 0 Å². The molecule has 0 fully saturated rings. The van der Waals surface area contributed by atoms with E-state index in [9.17, 15) is 19.5 Å². The summed E-state index contributed by atoms with van der Waals surface area (Å²) in [5.74, 6) is -2.70. The molecule has 0 heterocycles. The van der Waals surface area contributed by atoms with E-state index in [4.69, 9.17) is 10.00 Å². The summed E-state index contributed by atoms with van der Waals surface area (Å²) in [6.07, 6.45) is -0.800. The van der Waals surface area contributed by atoms with Crippen LogP contribution in [0.2, 0.25) is 0 Å². The minimum atomic E-state index is -1.24. The third-order valence-electron chi connectivity index (χ3n) is 3.86.